The van der Waals surface area contributed by atoms with Gasteiger partial charge in [0.05, 0.1) is 16.7 Å². The van der Waals surface area contributed by atoms with Gasteiger partial charge in [0.15, 0.2) is 0 Å². The summed E-state index contributed by atoms with van der Waals surface area (Å²) in [5, 5.41) is 0.500. The highest BCUT2D eigenvalue weighted by Gasteiger charge is 2.25. The molecule has 1 amide bonds. The zero-order chi connectivity index (χ0) is 13.8. The van der Waals surface area contributed by atoms with Crippen LogP contribution in [0.25, 0.3) is 0 Å². The number of rotatable bonds is 3. The van der Waals surface area contributed by atoms with E-state index in [4.69, 9.17) is 16.3 Å². The van der Waals surface area contributed by atoms with Crippen LogP contribution in [0.15, 0.2) is 22.7 Å². The average Bonchev–Trinajstić information content (AvgIpc) is 2.42. The van der Waals surface area contributed by atoms with Gasteiger partial charge in [0, 0.05) is 24.2 Å². The lowest BCUT2D eigenvalue weighted by molar-refractivity contribution is 0.0146. The summed E-state index contributed by atoms with van der Waals surface area (Å²) in [5.41, 5.74) is 0.561. The number of carbonyl (C=O) groups excluding carboxylic acids is 1. The fourth-order valence-electron chi connectivity index (χ4n) is 2.29. The first-order chi connectivity index (χ1) is 9.11. The highest BCUT2D eigenvalue weighted by atomic mass is 79.9. The van der Waals surface area contributed by atoms with Crippen LogP contribution in [0.2, 0.25) is 5.02 Å². The van der Waals surface area contributed by atoms with Crippen molar-refractivity contribution < 1.29 is 9.53 Å². The summed E-state index contributed by atoms with van der Waals surface area (Å²) >= 11 is 9.47. The average molecular weight is 347 g/mol. The normalized spacial score (nSPS) is 16.7. The van der Waals surface area contributed by atoms with Crippen LogP contribution in [0.4, 0.5) is 0 Å². The van der Waals surface area contributed by atoms with Gasteiger partial charge in [0.1, 0.15) is 0 Å². The number of hydrogen-bond acceptors (Lipinski definition) is 2. The lowest BCUT2D eigenvalue weighted by Crippen LogP contribution is -2.41. The second-order valence-electron chi connectivity index (χ2n) is 4.57. The lowest BCUT2D eigenvalue weighted by Gasteiger charge is -2.32. The molecule has 0 radical (unpaired) electrons. The third-order valence-electron chi connectivity index (χ3n) is 3.29. The van der Waals surface area contributed by atoms with E-state index in [2.05, 4.69) is 15.9 Å². The molecule has 0 aromatic heterocycles. The van der Waals surface area contributed by atoms with Gasteiger partial charge >= 0.3 is 0 Å². The van der Waals surface area contributed by atoms with E-state index in [1.165, 1.54) is 0 Å². The Labute approximate surface area is 127 Å². The van der Waals surface area contributed by atoms with E-state index in [1.54, 1.807) is 12.1 Å². The molecule has 1 aromatic carbocycles. The van der Waals surface area contributed by atoms with Gasteiger partial charge in [0.2, 0.25) is 0 Å². The van der Waals surface area contributed by atoms with Gasteiger partial charge in [-0.2, -0.15) is 0 Å². The third kappa shape index (κ3) is 3.71. The van der Waals surface area contributed by atoms with Gasteiger partial charge in [0.25, 0.3) is 5.91 Å². The van der Waals surface area contributed by atoms with Gasteiger partial charge in [-0.15, -0.1) is 0 Å². The van der Waals surface area contributed by atoms with Crippen molar-refractivity contribution in [1.82, 2.24) is 4.90 Å². The smallest absolute Gasteiger partial charge is 0.255 e. The molecule has 1 saturated heterocycles. The fraction of sp³-hybridized carbons (Fsp3) is 0.500. The molecule has 0 aliphatic carbocycles. The Balaban J connectivity index is 2.03. The van der Waals surface area contributed by atoms with Crippen LogP contribution in [-0.4, -0.2) is 36.6 Å². The van der Waals surface area contributed by atoms with Crippen LogP contribution >= 0.6 is 27.5 Å². The van der Waals surface area contributed by atoms with Crippen molar-refractivity contribution in [3.05, 3.63) is 33.3 Å². The first-order valence-corrected chi connectivity index (χ1v) is 7.65. The van der Waals surface area contributed by atoms with Crippen LogP contribution in [0, 0.1) is 0 Å². The van der Waals surface area contributed by atoms with Crippen molar-refractivity contribution in [3.63, 3.8) is 0 Å². The Bertz CT molecular complexity index is 459. The molecular weight excluding hydrogens is 330 g/mol. The highest BCUT2D eigenvalue weighted by Crippen LogP contribution is 2.24. The molecule has 19 heavy (non-hydrogen) atoms. The van der Waals surface area contributed by atoms with E-state index in [0.717, 1.165) is 37.0 Å². The molecule has 104 valence electrons. The topological polar surface area (TPSA) is 29.5 Å². The number of likely N-dealkylation sites (tertiary alicyclic amines) is 1. The Hall–Kier alpha value is -0.580. The maximum absolute atomic E-state index is 12.4. The van der Waals surface area contributed by atoms with Crippen molar-refractivity contribution in [2.24, 2.45) is 0 Å². The fourth-order valence-corrected chi connectivity index (χ4v) is 2.85. The minimum Gasteiger partial charge on any atom is -0.378 e. The summed E-state index contributed by atoms with van der Waals surface area (Å²) in [6.07, 6.45) is 2.07. The summed E-state index contributed by atoms with van der Waals surface area (Å²) in [7, 11) is 0. The van der Waals surface area contributed by atoms with Crippen molar-refractivity contribution in [2.75, 3.05) is 19.7 Å². The zero-order valence-corrected chi connectivity index (χ0v) is 13.2. The molecule has 1 aromatic rings. The van der Waals surface area contributed by atoms with Crippen molar-refractivity contribution in [1.29, 1.82) is 0 Å². The molecule has 0 unspecified atom stereocenters. The van der Waals surface area contributed by atoms with Crippen molar-refractivity contribution >= 4 is 33.4 Å². The van der Waals surface area contributed by atoms with Gasteiger partial charge in [-0.3, -0.25) is 4.79 Å². The molecule has 0 spiro atoms. The standard InChI is InChI=1S/C14H17BrClNO2/c1-2-19-11-5-7-17(8-6-11)14(18)12-9-10(15)3-4-13(12)16/h3-4,9,11H,2,5-8H2,1H3. The summed E-state index contributed by atoms with van der Waals surface area (Å²) in [6.45, 7) is 4.19. The number of amides is 1. The minimum absolute atomic E-state index is 0.00116. The molecule has 0 atom stereocenters. The molecular formula is C14H17BrClNO2. The number of carbonyl (C=O) groups is 1. The summed E-state index contributed by atoms with van der Waals surface area (Å²) in [6, 6.07) is 5.35. The first kappa shape index (κ1) is 14.8. The summed E-state index contributed by atoms with van der Waals surface area (Å²) in [5.74, 6) is 0.00116. The minimum atomic E-state index is 0.00116. The highest BCUT2D eigenvalue weighted by molar-refractivity contribution is 9.10. The maximum atomic E-state index is 12.4. The molecule has 2 rings (SSSR count). The number of hydrogen-bond donors (Lipinski definition) is 0. The van der Waals surface area contributed by atoms with Crippen LogP contribution in [0.3, 0.4) is 0 Å². The van der Waals surface area contributed by atoms with Crippen molar-refractivity contribution in [2.45, 2.75) is 25.9 Å². The summed E-state index contributed by atoms with van der Waals surface area (Å²) in [4.78, 5) is 14.3. The zero-order valence-electron chi connectivity index (χ0n) is 10.9. The van der Waals surface area contributed by atoms with E-state index < -0.39 is 0 Å². The Morgan fingerprint density at radius 2 is 2.16 bits per heavy atom. The third-order valence-corrected chi connectivity index (χ3v) is 4.11. The van der Waals surface area contributed by atoms with Gasteiger partial charge in [-0.1, -0.05) is 27.5 Å². The summed E-state index contributed by atoms with van der Waals surface area (Å²) < 4.78 is 6.45. The molecule has 3 nitrogen and oxygen atoms in total. The van der Waals surface area contributed by atoms with Gasteiger partial charge in [-0.25, -0.2) is 0 Å². The van der Waals surface area contributed by atoms with Crippen LogP contribution in [0.1, 0.15) is 30.1 Å². The number of nitrogens with zero attached hydrogens (tertiary/aromatic N) is 1. The Morgan fingerprint density at radius 1 is 1.47 bits per heavy atom. The maximum Gasteiger partial charge on any atom is 0.255 e. The predicted octanol–water partition coefficient (Wildman–Crippen LogP) is 3.74. The van der Waals surface area contributed by atoms with Crippen LogP contribution in [-0.2, 0) is 4.74 Å². The van der Waals surface area contributed by atoms with E-state index >= 15 is 0 Å². The molecule has 1 fully saturated rings. The van der Waals surface area contributed by atoms with Crippen molar-refractivity contribution in [3.8, 4) is 0 Å². The number of piperidine rings is 1. The SMILES string of the molecule is CCOC1CCN(C(=O)c2cc(Br)ccc2Cl)CC1. The first-order valence-electron chi connectivity index (χ1n) is 6.47. The largest absolute Gasteiger partial charge is 0.378 e. The number of benzene rings is 1. The van der Waals surface area contributed by atoms with Crippen LogP contribution < -0.4 is 0 Å². The molecule has 1 heterocycles. The van der Waals surface area contributed by atoms with Crippen LogP contribution in [0.5, 0.6) is 0 Å². The van der Waals surface area contributed by atoms with E-state index in [-0.39, 0.29) is 12.0 Å². The quantitative estimate of drug-likeness (QED) is 0.834. The van der Waals surface area contributed by atoms with Gasteiger partial charge < -0.3 is 9.64 Å². The molecule has 1 aliphatic heterocycles. The lowest BCUT2D eigenvalue weighted by atomic mass is 10.1. The second kappa shape index (κ2) is 6.73. The number of halogens is 2. The monoisotopic (exact) mass is 345 g/mol. The predicted molar refractivity (Wildman–Crippen MR) is 79.7 cm³/mol. The Morgan fingerprint density at radius 3 is 2.79 bits per heavy atom. The number of ether oxygens (including phenoxy) is 1. The van der Waals surface area contributed by atoms with E-state index in [1.807, 2.05) is 17.9 Å². The second-order valence-corrected chi connectivity index (χ2v) is 5.89. The molecule has 5 heteroatoms. The molecule has 0 N–H and O–H groups in total. The molecule has 1 aliphatic rings. The van der Waals surface area contributed by atoms with E-state index in [9.17, 15) is 4.79 Å². The van der Waals surface area contributed by atoms with Gasteiger partial charge in [-0.05, 0) is 38.0 Å². The molecule has 0 bridgehead atoms. The molecule has 0 saturated carbocycles. The van der Waals surface area contributed by atoms with E-state index in [0.29, 0.717) is 10.6 Å². The Kier molecular flexibility index (Phi) is 5.25.